The van der Waals surface area contributed by atoms with E-state index in [9.17, 15) is 9.18 Å². The van der Waals surface area contributed by atoms with Crippen molar-refractivity contribution in [2.45, 2.75) is 32.9 Å². The van der Waals surface area contributed by atoms with Crippen LogP contribution in [0.1, 0.15) is 26.0 Å². The number of rotatable bonds is 3. The maximum Gasteiger partial charge on any atom is 0.234 e. The first-order chi connectivity index (χ1) is 7.08. The fraction of sp³-hybridized carbons (Fsp3) is 0.600. The number of amides is 1. The van der Waals surface area contributed by atoms with Crippen LogP contribution in [0.3, 0.4) is 0 Å². The highest BCUT2D eigenvalue weighted by atomic mass is 32.1. The molecular weight excluding hydrogens is 215 g/mol. The number of anilines is 1. The Kier molecular flexibility index (Phi) is 2.50. The van der Waals surface area contributed by atoms with E-state index in [-0.39, 0.29) is 5.91 Å². The van der Waals surface area contributed by atoms with Gasteiger partial charge in [0.15, 0.2) is 0 Å². The number of nitrogens with one attached hydrogen (secondary N) is 1. The average molecular weight is 228 g/mol. The van der Waals surface area contributed by atoms with Crippen molar-refractivity contribution in [3.05, 3.63) is 11.2 Å². The zero-order valence-corrected chi connectivity index (χ0v) is 9.53. The Bertz CT molecular complexity index is 393. The number of hydrogen-bond acceptors (Lipinski definition) is 3. The minimum absolute atomic E-state index is 0.228. The number of hydrogen-bond donors (Lipinski definition) is 1. The van der Waals surface area contributed by atoms with E-state index in [0.717, 1.165) is 17.1 Å². The van der Waals surface area contributed by atoms with Gasteiger partial charge >= 0.3 is 0 Å². The Labute approximate surface area is 91.7 Å². The van der Waals surface area contributed by atoms with Gasteiger partial charge in [-0.3, -0.25) is 4.79 Å². The van der Waals surface area contributed by atoms with Gasteiger partial charge in [0, 0.05) is 0 Å². The summed E-state index contributed by atoms with van der Waals surface area (Å²) in [5.41, 5.74) is 1.75. The van der Waals surface area contributed by atoms with Crippen LogP contribution in [0.15, 0.2) is 5.51 Å². The van der Waals surface area contributed by atoms with E-state index < -0.39 is 11.6 Å². The molecule has 1 fully saturated rings. The lowest BCUT2D eigenvalue weighted by atomic mass is 10.1. The highest BCUT2D eigenvalue weighted by Gasteiger charge is 2.57. The molecule has 2 rings (SSSR count). The van der Waals surface area contributed by atoms with Gasteiger partial charge in [0.05, 0.1) is 16.6 Å². The Hall–Kier alpha value is -0.970. The van der Waals surface area contributed by atoms with Crippen molar-refractivity contribution < 1.29 is 9.18 Å². The lowest BCUT2D eigenvalue weighted by Gasteiger charge is -2.08. The van der Waals surface area contributed by atoms with E-state index in [1.54, 1.807) is 12.4 Å². The molecule has 0 aromatic carbocycles. The molecule has 0 saturated heterocycles. The zero-order chi connectivity index (χ0) is 11.1. The summed E-state index contributed by atoms with van der Waals surface area (Å²) >= 11 is 1.38. The molecule has 1 heterocycles. The van der Waals surface area contributed by atoms with Crippen LogP contribution < -0.4 is 5.32 Å². The van der Waals surface area contributed by atoms with Gasteiger partial charge in [0.25, 0.3) is 0 Å². The number of aromatic nitrogens is 1. The third kappa shape index (κ3) is 1.76. The molecule has 2 atom stereocenters. The lowest BCUT2D eigenvalue weighted by Crippen LogP contribution is -2.23. The highest BCUT2D eigenvalue weighted by Crippen LogP contribution is 2.49. The van der Waals surface area contributed by atoms with Crippen LogP contribution in [0, 0.1) is 5.41 Å². The van der Waals surface area contributed by atoms with Gasteiger partial charge in [-0.15, -0.1) is 11.3 Å². The normalized spacial score (nSPS) is 28.9. The van der Waals surface area contributed by atoms with Crippen LogP contribution in [0.2, 0.25) is 0 Å². The van der Waals surface area contributed by atoms with E-state index in [1.165, 1.54) is 11.3 Å². The van der Waals surface area contributed by atoms with Crippen LogP contribution in [-0.4, -0.2) is 17.1 Å². The minimum Gasteiger partial charge on any atom is -0.316 e. The van der Waals surface area contributed by atoms with Crippen molar-refractivity contribution in [2.75, 3.05) is 5.32 Å². The molecule has 1 aromatic heterocycles. The van der Waals surface area contributed by atoms with Gasteiger partial charge in [-0.1, -0.05) is 6.92 Å². The Morgan fingerprint density at radius 2 is 2.53 bits per heavy atom. The van der Waals surface area contributed by atoms with E-state index >= 15 is 0 Å². The second-order valence-electron chi connectivity index (χ2n) is 4.02. The molecule has 1 aromatic rings. The summed E-state index contributed by atoms with van der Waals surface area (Å²) in [6.07, 6.45) is 0.115. The predicted molar refractivity (Wildman–Crippen MR) is 57.7 cm³/mol. The maximum atomic E-state index is 12.9. The molecule has 15 heavy (non-hydrogen) atoms. The lowest BCUT2D eigenvalue weighted by molar-refractivity contribution is -0.121. The van der Waals surface area contributed by atoms with Gasteiger partial charge in [0.2, 0.25) is 5.91 Å². The van der Waals surface area contributed by atoms with Crippen LogP contribution in [0.4, 0.5) is 9.39 Å². The standard InChI is InChI=1S/C10H13FN2OS/c1-3-6-8(15-5-12-6)13-9(14)10(2)4-7(10)11/h5,7H,3-4H2,1-2H3,(H,13,14)/t7-,10+/m1/s1. The van der Waals surface area contributed by atoms with Crippen LogP contribution >= 0.6 is 11.3 Å². The Balaban J connectivity index is 2.07. The molecule has 0 radical (unpaired) electrons. The van der Waals surface area contributed by atoms with Crippen molar-refractivity contribution in [1.82, 2.24) is 4.98 Å². The molecule has 1 N–H and O–H groups in total. The van der Waals surface area contributed by atoms with Gasteiger partial charge < -0.3 is 5.32 Å². The zero-order valence-electron chi connectivity index (χ0n) is 8.71. The first-order valence-corrected chi connectivity index (χ1v) is 5.83. The number of nitrogens with zero attached hydrogens (tertiary/aromatic N) is 1. The van der Waals surface area contributed by atoms with Crippen molar-refractivity contribution in [3.8, 4) is 0 Å². The fourth-order valence-electron chi connectivity index (χ4n) is 1.42. The van der Waals surface area contributed by atoms with Crippen molar-refractivity contribution in [3.63, 3.8) is 0 Å². The summed E-state index contributed by atoms with van der Waals surface area (Å²) < 4.78 is 12.9. The van der Waals surface area contributed by atoms with Crippen molar-refractivity contribution in [1.29, 1.82) is 0 Å². The third-order valence-electron chi connectivity index (χ3n) is 2.86. The van der Waals surface area contributed by atoms with Crippen molar-refractivity contribution in [2.24, 2.45) is 5.41 Å². The second-order valence-corrected chi connectivity index (χ2v) is 4.88. The molecule has 0 aliphatic heterocycles. The molecule has 1 amide bonds. The number of carbonyl (C=O) groups excluding carboxylic acids is 1. The smallest absolute Gasteiger partial charge is 0.234 e. The van der Waals surface area contributed by atoms with Gasteiger partial charge in [-0.25, -0.2) is 9.37 Å². The fourth-order valence-corrected chi connectivity index (χ4v) is 2.19. The van der Waals surface area contributed by atoms with E-state index in [1.807, 2.05) is 6.92 Å². The molecule has 0 unspecified atom stereocenters. The average Bonchev–Trinajstić information content (AvgIpc) is 2.65. The first kappa shape index (κ1) is 10.5. The first-order valence-electron chi connectivity index (χ1n) is 4.96. The summed E-state index contributed by atoms with van der Waals surface area (Å²) in [6.45, 7) is 3.63. The second kappa shape index (κ2) is 3.56. The quantitative estimate of drug-likeness (QED) is 0.863. The molecule has 0 bridgehead atoms. The Morgan fingerprint density at radius 1 is 1.87 bits per heavy atom. The van der Waals surface area contributed by atoms with E-state index in [4.69, 9.17) is 0 Å². The molecule has 3 nitrogen and oxygen atoms in total. The summed E-state index contributed by atoms with van der Waals surface area (Å²) in [4.78, 5) is 15.8. The summed E-state index contributed by atoms with van der Waals surface area (Å²) in [5.74, 6) is -0.228. The van der Waals surface area contributed by atoms with Crippen LogP contribution in [0.5, 0.6) is 0 Å². The molecule has 1 saturated carbocycles. The van der Waals surface area contributed by atoms with Crippen LogP contribution in [0.25, 0.3) is 0 Å². The topological polar surface area (TPSA) is 42.0 Å². The largest absolute Gasteiger partial charge is 0.316 e. The minimum atomic E-state index is -0.990. The molecule has 1 aliphatic carbocycles. The maximum absolute atomic E-state index is 12.9. The Morgan fingerprint density at radius 3 is 3.07 bits per heavy atom. The molecule has 0 spiro atoms. The molecule has 82 valence electrons. The van der Waals surface area contributed by atoms with Gasteiger partial charge in [-0.2, -0.15) is 0 Å². The molecular formula is C10H13FN2OS. The number of alkyl halides is 1. The predicted octanol–water partition coefficient (Wildman–Crippen LogP) is 2.39. The van der Waals surface area contributed by atoms with Gasteiger partial charge in [0.1, 0.15) is 11.2 Å². The van der Waals surface area contributed by atoms with E-state index in [2.05, 4.69) is 10.3 Å². The van der Waals surface area contributed by atoms with Gasteiger partial charge in [-0.05, 0) is 19.8 Å². The summed E-state index contributed by atoms with van der Waals surface area (Å²) in [5, 5.41) is 3.50. The number of aryl methyl sites for hydroxylation is 1. The monoisotopic (exact) mass is 228 g/mol. The SMILES string of the molecule is CCc1ncsc1NC(=O)[C@@]1(C)C[C@H]1F. The molecule has 1 aliphatic rings. The highest BCUT2D eigenvalue weighted by molar-refractivity contribution is 7.14. The van der Waals surface area contributed by atoms with Crippen LogP contribution in [-0.2, 0) is 11.2 Å². The number of carbonyl (C=O) groups is 1. The molecule has 5 heteroatoms. The third-order valence-corrected chi connectivity index (χ3v) is 3.64. The number of halogens is 1. The van der Waals surface area contributed by atoms with Crippen molar-refractivity contribution >= 4 is 22.2 Å². The number of thiazole rings is 1. The summed E-state index contributed by atoms with van der Waals surface area (Å²) in [6, 6.07) is 0. The summed E-state index contributed by atoms with van der Waals surface area (Å²) in [7, 11) is 0. The van der Waals surface area contributed by atoms with E-state index in [0.29, 0.717) is 6.42 Å².